The van der Waals surface area contributed by atoms with Gasteiger partial charge in [-0.1, -0.05) is 6.92 Å². The predicted molar refractivity (Wildman–Crippen MR) is 51.7 cm³/mol. The van der Waals surface area contributed by atoms with Crippen LogP contribution in [0.1, 0.15) is 23.1 Å². The molecule has 0 aliphatic rings. The molecule has 0 bridgehead atoms. The van der Waals surface area contributed by atoms with E-state index in [4.69, 9.17) is 4.84 Å². The summed E-state index contributed by atoms with van der Waals surface area (Å²) in [6.07, 6.45) is 0.817. The van der Waals surface area contributed by atoms with Gasteiger partial charge in [-0.05, 0) is 12.5 Å². The van der Waals surface area contributed by atoms with Gasteiger partial charge in [0.15, 0.2) is 0 Å². The van der Waals surface area contributed by atoms with Crippen molar-refractivity contribution in [1.29, 1.82) is 0 Å². The molecule has 14 heavy (non-hydrogen) atoms. The lowest BCUT2D eigenvalue weighted by Gasteiger charge is -2.12. The van der Waals surface area contributed by atoms with Crippen LogP contribution in [0.2, 0.25) is 0 Å². The number of rotatable bonds is 3. The average molecular weight is 197 g/mol. The first-order valence-electron chi connectivity index (χ1n) is 4.45. The van der Waals surface area contributed by atoms with E-state index in [0.717, 1.165) is 12.1 Å². The number of nitrogens with zero attached hydrogens (tertiary/aromatic N) is 3. The third-order valence-electron chi connectivity index (χ3n) is 2.07. The summed E-state index contributed by atoms with van der Waals surface area (Å²) in [5.74, 6) is -0.192. The molecule has 0 unspecified atom stereocenters. The van der Waals surface area contributed by atoms with Crippen LogP contribution < -0.4 is 0 Å². The van der Waals surface area contributed by atoms with Crippen molar-refractivity contribution < 1.29 is 9.63 Å². The summed E-state index contributed by atoms with van der Waals surface area (Å²) >= 11 is 0. The van der Waals surface area contributed by atoms with E-state index in [2.05, 4.69) is 5.10 Å². The molecule has 0 fully saturated rings. The minimum absolute atomic E-state index is 0.192. The van der Waals surface area contributed by atoms with Crippen LogP contribution in [0.4, 0.5) is 0 Å². The van der Waals surface area contributed by atoms with E-state index in [1.807, 2.05) is 6.92 Å². The Hall–Kier alpha value is -1.36. The van der Waals surface area contributed by atoms with Crippen molar-refractivity contribution in [3.63, 3.8) is 0 Å². The molecule has 0 N–H and O–H groups in total. The summed E-state index contributed by atoms with van der Waals surface area (Å²) < 4.78 is 1.57. The second-order valence-electron chi connectivity index (χ2n) is 2.98. The Morgan fingerprint density at radius 3 is 2.79 bits per heavy atom. The number of carbonyl (C=O) groups excluding carboxylic acids is 1. The highest BCUT2D eigenvalue weighted by Crippen LogP contribution is 2.06. The molecule has 1 aromatic heterocycles. The van der Waals surface area contributed by atoms with Gasteiger partial charge in [0.1, 0.15) is 5.69 Å². The topological polar surface area (TPSA) is 47.4 Å². The molecule has 0 atom stereocenters. The van der Waals surface area contributed by atoms with Gasteiger partial charge in [0.05, 0.1) is 12.8 Å². The largest absolute Gasteiger partial charge is 0.295 e. The molecular formula is C9H15N3O2. The summed E-state index contributed by atoms with van der Waals surface area (Å²) in [5.41, 5.74) is 1.44. The SMILES string of the molecule is CCc1cc(C(=O)N(C)OC)n(C)n1. The molecule has 0 radical (unpaired) electrons. The van der Waals surface area contributed by atoms with Gasteiger partial charge in [-0.15, -0.1) is 0 Å². The van der Waals surface area contributed by atoms with Crippen LogP contribution in [0.15, 0.2) is 6.07 Å². The lowest BCUT2D eigenvalue weighted by atomic mass is 10.3. The zero-order chi connectivity index (χ0) is 10.7. The zero-order valence-electron chi connectivity index (χ0n) is 8.94. The van der Waals surface area contributed by atoms with Crippen LogP contribution in [0, 0.1) is 0 Å². The fraction of sp³-hybridized carbons (Fsp3) is 0.556. The number of aryl methyl sites for hydroxylation is 2. The van der Waals surface area contributed by atoms with E-state index < -0.39 is 0 Å². The van der Waals surface area contributed by atoms with Crippen LogP contribution in [-0.2, 0) is 18.3 Å². The van der Waals surface area contributed by atoms with Gasteiger partial charge in [-0.2, -0.15) is 5.10 Å². The number of carbonyl (C=O) groups is 1. The summed E-state index contributed by atoms with van der Waals surface area (Å²) in [4.78, 5) is 16.5. The minimum atomic E-state index is -0.192. The van der Waals surface area contributed by atoms with Crippen LogP contribution >= 0.6 is 0 Å². The number of hydrogen-bond donors (Lipinski definition) is 0. The lowest BCUT2D eigenvalue weighted by molar-refractivity contribution is -0.0763. The number of amides is 1. The van der Waals surface area contributed by atoms with Gasteiger partial charge in [0.2, 0.25) is 0 Å². The Morgan fingerprint density at radius 1 is 1.71 bits per heavy atom. The standard InChI is InChI=1S/C9H15N3O2/c1-5-7-6-8(11(2)10-7)9(13)12(3)14-4/h6H,5H2,1-4H3. The summed E-state index contributed by atoms with van der Waals surface area (Å²) in [6, 6.07) is 1.78. The van der Waals surface area contributed by atoms with E-state index in [9.17, 15) is 4.79 Å². The second-order valence-corrected chi connectivity index (χ2v) is 2.98. The predicted octanol–water partition coefficient (Wildman–Crippen LogP) is 0.616. The highest BCUT2D eigenvalue weighted by molar-refractivity contribution is 5.91. The van der Waals surface area contributed by atoms with Crippen LogP contribution in [0.25, 0.3) is 0 Å². The summed E-state index contributed by atoms with van der Waals surface area (Å²) in [5, 5.41) is 5.36. The van der Waals surface area contributed by atoms with Gasteiger partial charge in [0, 0.05) is 14.1 Å². The lowest BCUT2D eigenvalue weighted by Crippen LogP contribution is -2.27. The molecule has 0 spiro atoms. The Kier molecular flexibility index (Phi) is 3.24. The third-order valence-corrected chi connectivity index (χ3v) is 2.07. The van der Waals surface area contributed by atoms with Gasteiger partial charge >= 0.3 is 0 Å². The molecule has 5 nitrogen and oxygen atoms in total. The molecule has 1 amide bonds. The average Bonchev–Trinajstić information content (AvgIpc) is 2.57. The fourth-order valence-electron chi connectivity index (χ4n) is 1.14. The van der Waals surface area contributed by atoms with Crippen molar-refractivity contribution in [2.75, 3.05) is 14.2 Å². The van der Waals surface area contributed by atoms with E-state index in [1.54, 1.807) is 24.8 Å². The summed E-state index contributed by atoms with van der Waals surface area (Å²) in [6.45, 7) is 2.00. The smallest absolute Gasteiger partial charge is 0.274 e. The van der Waals surface area contributed by atoms with Crippen molar-refractivity contribution in [3.05, 3.63) is 17.5 Å². The second kappa shape index (κ2) is 4.23. The molecule has 1 aromatic rings. The third kappa shape index (κ3) is 1.93. The first-order chi connectivity index (χ1) is 6.60. The van der Waals surface area contributed by atoms with E-state index in [1.165, 1.54) is 12.2 Å². The van der Waals surface area contributed by atoms with Crippen molar-refractivity contribution >= 4 is 5.91 Å². The molecule has 78 valence electrons. The first kappa shape index (κ1) is 10.7. The quantitative estimate of drug-likeness (QED) is 0.667. The molecule has 1 rings (SSSR count). The Balaban J connectivity index is 2.94. The molecule has 0 saturated heterocycles. The van der Waals surface area contributed by atoms with Crippen molar-refractivity contribution in [3.8, 4) is 0 Å². The summed E-state index contributed by atoms with van der Waals surface area (Å²) in [7, 11) is 4.77. The van der Waals surface area contributed by atoms with Gasteiger partial charge in [-0.25, -0.2) is 5.06 Å². The van der Waals surface area contributed by atoms with Gasteiger partial charge in [0.25, 0.3) is 5.91 Å². The molecule has 0 aliphatic heterocycles. The fourth-order valence-corrected chi connectivity index (χ4v) is 1.14. The highest BCUT2D eigenvalue weighted by Gasteiger charge is 2.16. The maximum absolute atomic E-state index is 11.7. The van der Waals surface area contributed by atoms with Crippen molar-refractivity contribution in [2.24, 2.45) is 7.05 Å². The van der Waals surface area contributed by atoms with Crippen LogP contribution in [0.5, 0.6) is 0 Å². The van der Waals surface area contributed by atoms with E-state index >= 15 is 0 Å². The Bertz CT molecular complexity index is 333. The zero-order valence-corrected chi connectivity index (χ0v) is 8.94. The maximum Gasteiger partial charge on any atom is 0.295 e. The van der Waals surface area contributed by atoms with E-state index in [-0.39, 0.29) is 5.91 Å². The molecule has 0 saturated carbocycles. The minimum Gasteiger partial charge on any atom is -0.274 e. The molecule has 5 heteroatoms. The van der Waals surface area contributed by atoms with Crippen molar-refractivity contribution in [2.45, 2.75) is 13.3 Å². The normalized spacial score (nSPS) is 10.3. The maximum atomic E-state index is 11.7. The molecule has 0 aromatic carbocycles. The highest BCUT2D eigenvalue weighted by atomic mass is 16.7. The van der Waals surface area contributed by atoms with Crippen molar-refractivity contribution in [1.82, 2.24) is 14.8 Å². The first-order valence-corrected chi connectivity index (χ1v) is 4.45. The van der Waals surface area contributed by atoms with E-state index in [0.29, 0.717) is 5.69 Å². The number of aromatic nitrogens is 2. The number of hydrogen-bond acceptors (Lipinski definition) is 3. The van der Waals surface area contributed by atoms with Crippen LogP contribution in [0.3, 0.4) is 0 Å². The molecule has 1 heterocycles. The van der Waals surface area contributed by atoms with Crippen LogP contribution in [-0.4, -0.2) is 34.9 Å². The monoisotopic (exact) mass is 197 g/mol. The van der Waals surface area contributed by atoms with Gasteiger partial charge in [-0.3, -0.25) is 14.3 Å². The Morgan fingerprint density at radius 2 is 2.36 bits per heavy atom. The Labute approximate surface area is 83.2 Å². The number of hydroxylamine groups is 2. The molecule has 0 aliphatic carbocycles. The van der Waals surface area contributed by atoms with Gasteiger partial charge < -0.3 is 0 Å². The molecular weight excluding hydrogens is 182 g/mol.